The predicted molar refractivity (Wildman–Crippen MR) is 89.7 cm³/mol. The van der Waals surface area contributed by atoms with Gasteiger partial charge in [0.1, 0.15) is 5.75 Å². The molecule has 21 heavy (non-hydrogen) atoms. The minimum Gasteiger partial charge on any atom is -0.482 e. The molecule has 1 aliphatic heterocycles. The number of ether oxygens (including phenoxy) is 1. The highest BCUT2D eigenvalue weighted by atomic mass is 79.9. The Morgan fingerprint density at radius 1 is 1.19 bits per heavy atom. The second-order valence-electron chi connectivity index (χ2n) is 4.65. The van der Waals surface area contributed by atoms with E-state index in [1.807, 2.05) is 36.4 Å². The van der Waals surface area contributed by atoms with E-state index in [2.05, 4.69) is 42.5 Å². The quantitative estimate of drug-likeness (QED) is 0.797. The first-order chi connectivity index (χ1) is 10.1. The molecule has 108 valence electrons. The number of nitrogens with one attached hydrogen (secondary N) is 2. The van der Waals surface area contributed by atoms with Gasteiger partial charge in [-0.3, -0.25) is 4.79 Å². The SMILES string of the molecule is O=C1COc2ccc(CNc3ccc(Br)cc3Br)cc2N1. The lowest BCUT2D eigenvalue weighted by molar-refractivity contribution is -0.118. The van der Waals surface area contributed by atoms with Crippen molar-refractivity contribution in [2.24, 2.45) is 0 Å². The van der Waals surface area contributed by atoms with E-state index in [-0.39, 0.29) is 12.5 Å². The van der Waals surface area contributed by atoms with E-state index in [4.69, 9.17) is 4.74 Å². The van der Waals surface area contributed by atoms with Crippen LogP contribution in [0.25, 0.3) is 0 Å². The second kappa shape index (κ2) is 6.07. The molecular formula is C15H12Br2N2O2. The van der Waals surface area contributed by atoms with Gasteiger partial charge < -0.3 is 15.4 Å². The molecule has 3 rings (SSSR count). The zero-order valence-corrected chi connectivity index (χ0v) is 14.1. The van der Waals surface area contributed by atoms with Gasteiger partial charge in [-0.05, 0) is 51.8 Å². The second-order valence-corrected chi connectivity index (χ2v) is 6.42. The molecule has 0 bridgehead atoms. The summed E-state index contributed by atoms with van der Waals surface area (Å²) in [4.78, 5) is 11.3. The van der Waals surface area contributed by atoms with E-state index < -0.39 is 0 Å². The van der Waals surface area contributed by atoms with Crippen molar-refractivity contribution in [3.05, 3.63) is 50.9 Å². The summed E-state index contributed by atoms with van der Waals surface area (Å²) >= 11 is 6.95. The molecule has 4 nitrogen and oxygen atoms in total. The zero-order chi connectivity index (χ0) is 14.8. The lowest BCUT2D eigenvalue weighted by Gasteiger charge is -2.18. The maximum atomic E-state index is 11.3. The van der Waals surface area contributed by atoms with Crippen molar-refractivity contribution >= 4 is 49.1 Å². The van der Waals surface area contributed by atoms with Crippen molar-refractivity contribution in [2.45, 2.75) is 6.54 Å². The number of hydrogen-bond acceptors (Lipinski definition) is 3. The first-order valence-corrected chi connectivity index (χ1v) is 7.95. The van der Waals surface area contributed by atoms with Gasteiger partial charge in [0.05, 0.1) is 5.69 Å². The van der Waals surface area contributed by atoms with Crippen LogP contribution in [-0.2, 0) is 11.3 Å². The van der Waals surface area contributed by atoms with Crippen molar-refractivity contribution < 1.29 is 9.53 Å². The molecule has 0 spiro atoms. The Morgan fingerprint density at radius 3 is 2.86 bits per heavy atom. The van der Waals surface area contributed by atoms with Crippen LogP contribution in [-0.4, -0.2) is 12.5 Å². The van der Waals surface area contributed by atoms with Crippen LogP contribution in [0.4, 0.5) is 11.4 Å². The monoisotopic (exact) mass is 410 g/mol. The summed E-state index contributed by atoms with van der Waals surface area (Å²) in [5.41, 5.74) is 2.80. The Balaban J connectivity index is 1.73. The number of anilines is 2. The summed E-state index contributed by atoms with van der Waals surface area (Å²) in [5.74, 6) is 0.589. The number of hydrogen-bond donors (Lipinski definition) is 2. The number of fused-ring (bicyclic) bond motifs is 1. The minimum atomic E-state index is -0.122. The maximum Gasteiger partial charge on any atom is 0.262 e. The summed E-state index contributed by atoms with van der Waals surface area (Å²) in [6.07, 6.45) is 0. The molecule has 0 unspecified atom stereocenters. The van der Waals surface area contributed by atoms with Gasteiger partial charge in [0.25, 0.3) is 5.91 Å². The Hall–Kier alpha value is -1.53. The highest BCUT2D eigenvalue weighted by Crippen LogP contribution is 2.30. The summed E-state index contributed by atoms with van der Waals surface area (Å²) in [6, 6.07) is 11.7. The molecule has 6 heteroatoms. The zero-order valence-electron chi connectivity index (χ0n) is 11.0. The van der Waals surface area contributed by atoms with Gasteiger partial charge in [-0.15, -0.1) is 0 Å². The van der Waals surface area contributed by atoms with E-state index in [9.17, 15) is 4.79 Å². The molecule has 0 atom stereocenters. The molecule has 2 aromatic carbocycles. The number of halogens is 2. The molecule has 1 heterocycles. The van der Waals surface area contributed by atoms with Crippen LogP contribution < -0.4 is 15.4 Å². The van der Waals surface area contributed by atoms with Crippen LogP contribution in [0, 0.1) is 0 Å². The predicted octanol–water partition coefficient (Wildman–Crippen LogP) is 4.15. The van der Waals surface area contributed by atoms with Crippen LogP contribution in [0.1, 0.15) is 5.56 Å². The number of amides is 1. The fourth-order valence-electron chi connectivity index (χ4n) is 2.07. The minimum absolute atomic E-state index is 0.0798. The molecule has 0 saturated carbocycles. The molecule has 1 aliphatic rings. The van der Waals surface area contributed by atoms with Crippen LogP contribution >= 0.6 is 31.9 Å². The van der Waals surface area contributed by atoms with Crippen LogP contribution in [0.3, 0.4) is 0 Å². The first-order valence-electron chi connectivity index (χ1n) is 6.36. The summed E-state index contributed by atoms with van der Waals surface area (Å²) < 4.78 is 7.35. The molecule has 2 aromatic rings. The average molecular weight is 412 g/mol. The van der Waals surface area contributed by atoms with Crippen LogP contribution in [0.2, 0.25) is 0 Å². The molecule has 1 amide bonds. The Morgan fingerprint density at radius 2 is 2.05 bits per heavy atom. The lowest BCUT2D eigenvalue weighted by Crippen LogP contribution is -2.25. The third-order valence-electron chi connectivity index (χ3n) is 3.09. The molecular weight excluding hydrogens is 400 g/mol. The fraction of sp³-hybridized carbons (Fsp3) is 0.133. The van der Waals surface area contributed by atoms with Crippen molar-refractivity contribution in [3.8, 4) is 5.75 Å². The van der Waals surface area contributed by atoms with E-state index >= 15 is 0 Å². The standard InChI is InChI=1S/C15H12Br2N2O2/c16-10-2-3-12(11(17)6-10)18-7-9-1-4-14-13(5-9)19-15(20)8-21-14/h1-6,18H,7-8H2,(H,19,20). The van der Waals surface area contributed by atoms with Gasteiger partial charge in [0.15, 0.2) is 6.61 Å². The lowest BCUT2D eigenvalue weighted by atomic mass is 10.1. The summed E-state index contributed by atoms with van der Waals surface area (Å²) in [5, 5.41) is 6.16. The smallest absolute Gasteiger partial charge is 0.262 e. The van der Waals surface area contributed by atoms with Crippen molar-refractivity contribution in [1.29, 1.82) is 0 Å². The van der Waals surface area contributed by atoms with E-state index in [1.165, 1.54) is 0 Å². The van der Waals surface area contributed by atoms with E-state index in [0.29, 0.717) is 12.3 Å². The third-order valence-corrected chi connectivity index (χ3v) is 4.24. The summed E-state index contributed by atoms with van der Waals surface area (Å²) in [7, 11) is 0. The highest BCUT2D eigenvalue weighted by Gasteiger charge is 2.15. The largest absolute Gasteiger partial charge is 0.482 e. The van der Waals surface area contributed by atoms with E-state index in [0.717, 1.165) is 25.9 Å². The third kappa shape index (κ3) is 3.39. The maximum absolute atomic E-state index is 11.3. The topological polar surface area (TPSA) is 50.4 Å². The van der Waals surface area contributed by atoms with Gasteiger partial charge in [-0.1, -0.05) is 22.0 Å². The Bertz CT molecular complexity index is 704. The van der Waals surface area contributed by atoms with E-state index in [1.54, 1.807) is 0 Å². The van der Waals surface area contributed by atoms with Gasteiger partial charge in [-0.2, -0.15) is 0 Å². The molecule has 2 N–H and O–H groups in total. The number of rotatable bonds is 3. The van der Waals surface area contributed by atoms with Crippen molar-refractivity contribution in [3.63, 3.8) is 0 Å². The highest BCUT2D eigenvalue weighted by molar-refractivity contribution is 9.11. The fourth-order valence-corrected chi connectivity index (χ4v) is 3.26. The number of carbonyl (C=O) groups excluding carboxylic acids is 1. The van der Waals surface area contributed by atoms with Crippen LogP contribution in [0.5, 0.6) is 5.75 Å². The Labute approximate surface area is 139 Å². The first kappa shape index (κ1) is 14.4. The van der Waals surface area contributed by atoms with Gasteiger partial charge in [-0.25, -0.2) is 0 Å². The number of benzene rings is 2. The molecule has 0 fully saturated rings. The normalized spacial score (nSPS) is 13.1. The summed E-state index contributed by atoms with van der Waals surface area (Å²) in [6.45, 7) is 0.736. The molecule has 0 aromatic heterocycles. The number of carbonyl (C=O) groups is 1. The van der Waals surface area contributed by atoms with Crippen molar-refractivity contribution in [2.75, 3.05) is 17.2 Å². The molecule has 0 saturated heterocycles. The Kier molecular flexibility index (Phi) is 4.17. The van der Waals surface area contributed by atoms with Crippen LogP contribution in [0.15, 0.2) is 45.3 Å². The van der Waals surface area contributed by atoms with Gasteiger partial charge in [0, 0.05) is 21.2 Å². The van der Waals surface area contributed by atoms with Gasteiger partial charge >= 0.3 is 0 Å². The average Bonchev–Trinajstić information content (AvgIpc) is 2.46. The molecule has 0 radical (unpaired) electrons. The van der Waals surface area contributed by atoms with Gasteiger partial charge in [0.2, 0.25) is 0 Å². The van der Waals surface area contributed by atoms with Crippen molar-refractivity contribution in [1.82, 2.24) is 0 Å². The molecule has 0 aliphatic carbocycles.